The lowest BCUT2D eigenvalue weighted by atomic mass is 9.92. The second-order valence-corrected chi connectivity index (χ2v) is 11.0. The van der Waals surface area contributed by atoms with Gasteiger partial charge < -0.3 is 20.3 Å². The first-order valence-electron chi connectivity index (χ1n) is 12.9. The molecule has 2 unspecified atom stereocenters. The van der Waals surface area contributed by atoms with Gasteiger partial charge in [-0.15, -0.1) is 0 Å². The summed E-state index contributed by atoms with van der Waals surface area (Å²) in [4.78, 5) is 30.4. The molecule has 218 valence electrons. The van der Waals surface area contributed by atoms with Crippen LogP contribution in [-0.2, 0) is 17.9 Å². The number of nitrogens with one attached hydrogen (secondary N) is 2. The van der Waals surface area contributed by atoms with Crippen molar-refractivity contribution in [2.45, 2.75) is 50.2 Å². The molecule has 3 amide bonds. The van der Waals surface area contributed by atoms with Crippen molar-refractivity contribution in [2.24, 2.45) is 17.8 Å². The Kier molecular flexibility index (Phi) is 6.70. The minimum absolute atomic E-state index is 0.0122. The van der Waals surface area contributed by atoms with Crippen molar-refractivity contribution in [3.8, 4) is 0 Å². The summed E-state index contributed by atoms with van der Waals surface area (Å²) in [6.07, 6.45) is -3.44. The van der Waals surface area contributed by atoms with Crippen molar-refractivity contribution >= 4 is 29.4 Å². The summed E-state index contributed by atoms with van der Waals surface area (Å²) < 4.78 is 73.8. The average Bonchev–Trinajstić information content (AvgIpc) is 3.43. The molecule has 1 saturated heterocycles. The number of rotatable bonds is 7. The fourth-order valence-corrected chi connectivity index (χ4v) is 5.98. The Morgan fingerprint density at radius 1 is 1.22 bits per heavy atom. The highest BCUT2D eigenvalue weighted by molar-refractivity contribution is 6.30. The predicted octanol–water partition coefficient (Wildman–Crippen LogP) is 5.10. The van der Waals surface area contributed by atoms with Crippen LogP contribution in [0.1, 0.15) is 35.7 Å². The second-order valence-electron chi connectivity index (χ2n) is 10.7. The summed E-state index contributed by atoms with van der Waals surface area (Å²) in [5.41, 5.74) is 1.63. The highest BCUT2D eigenvalue weighted by atomic mass is 35.5. The highest BCUT2D eigenvalue weighted by Crippen LogP contribution is 2.67. The van der Waals surface area contributed by atoms with Gasteiger partial charge >= 0.3 is 18.3 Å². The maximum Gasteiger partial charge on any atom is 0.410 e. The zero-order valence-corrected chi connectivity index (χ0v) is 22.0. The quantitative estimate of drug-likeness (QED) is 0.369. The fraction of sp³-hybridized carbons (Fsp3) is 0.462. The molecule has 0 bridgehead atoms. The topological polar surface area (TPSA) is 101 Å². The van der Waals surface area contributed by atoms with Crippen molar-refractivity contribution in [3.63, 3.8) is 0 Å². The summed E-state index contributed by atoms with van der Waals surface area (Å²) in [7, 11) is 0. The Labute approximate surface area is 235 Å². The van der Waals surface area contributed by atoms with Gasteiger partial charge in [-0.25, -0.2) is 27.9 Å². The van der Waals surface area contributed by atoms with Crippen LogP contribution in [0.5, 0.6) is 0 Å². The molecule has 0 radical (unpaired) electrons. The van der Waals surface area contributed by atoms with Gasteiger partial charge in [0.1, 0.15) is 12.6 Å². The normalized spacial score (nSPS) is 25.6. The molecule has 4 atom stereocenters. The molecule has 3 fully saturated rings. The van der Waals surface area contributed by atoms with E-state index in [0.29, 0.717) is 5.69 Å². The van der Waals surface area contributed by atoms with Crippen LogP contribution in [0.25, 0.3) is 5.65 Å². The van der Waals surface area contributed by atoms with Gasteiger partial charge in [-0.05, 0) is 30.4 Å². The van der Waals surface area contributed by atoms with Crippen LogP contribution in [0.2, 0.25) is 5.15 Å². The van der Waals surface area contributed by atoms with Gasteiger partial charge in [0, 0.05) is 17.4 Å². The highest BCUT2D eigenvalue weighted by Gasteiger charge is 2.72. The number of urea groups is 1. The molecule has 2 N–H and O–H groups in total. The molecular weight excluding hydrogens is 575 g/mol. The number of nitrogens with zero attached hydrogens (tertiary/aromatic N) is 4. The van der Waals surface area contributed by atoms with Gasteiger partial charge in [-0.3, -0.25) is 0 Å². The molecule has 1 aromatic carbocycles. The van der Waals surface area contributed by atoms with Crippen molar-refractivity contribution in [1.29, 1.82) is 0 Å². The molecule has 3 aliphatic rings. The number of fused-ring (bicyclic) bond motifs is 2. The number of benzene rings is 1. The van der Waals surface area contributed by atoms with E-state index in [2.05, 4.69) is 15.4 Å². The van der Waals surface area contributed by atoms with E-state index in [9.17, 15) is 31.5 Å². The van der Waals surface area contributed by atoms with Gasteiger partial charge in [0.2, 0.25) is 0 Å². The SMILES string of the molecule is O=C(N[C@H](c1cn2nc(Cl)c(CN3C[C@@H](C(F)(F)F)NC3=O)cc2n1)C1CC2C(C1)C2(F)F)OCc1ccccc1. The summed E-state index contributed by atoms with van der Waals surface area (Å²) in [6.45, 7) is -0.814. The number of hydrogen-bond donors (Lipinski definition) is 2. The molecule has 3 aromatic rings. The molecule has 1 aliphatic heterocycles. The van der Waals surface area contributed by atoms with Gasteiger partial charge in [0.25, 0.3) is 5.92 Å². The molecular formula is C26H24ClF5N6O3. The van der Waals surface area contributed by atoms with Crippen LogP contribution in [-0.4, -0.2) is 56.3 Å². The zero-order chi connectivity index (χ0) is 29.1. The van der Waals surface area contributed by atoms with Crippen LogP contribution < -0.4 is 10.6 Å². The fourth-order valence-electron chi connectivity index (χ4n) is 5.78. The van der Waals surface area contributed by atoms with Crippen LogP contribution in [0, 0.1) is 17.8 Å². The third kappa shape index (κ3) is 5.36. The van der Waals surface area contributed by atoms with Crippen molar-refractivity contribution in [1.82, 2.24) is 30.1 Å². The lowest BCUT2D eigenvalue weighted by Crippen LogP contribution is -2.40. The summed E-state index contributed by atoms with van der Waals surface area (Å²) in [6, 6.07) is 6.86. The predicted molar refractivity (Wildman–Crippen MR) is 134 cm³/mol. The van der Waals surface area contributed by atoms with Gasteiger partial charge in [-0.2, -0.15) is 18.3 Å². The Bertz CT molecular complexity index is 1470. The number of alkyl halides is 5. The van der Waals surface area contributed by atoms with E-state index >= 15 is 0 Å². The minimum Gasteiger partial charge on any atom is -0.445 e. The van der Waals surface area contributed by atoms with Crippen LogP contribution in [0.4, 0.5) is 31.5 Å². The number of carbonyl (C=O) groups excluding carboxylic acids is 2. The van der Waals surface area contributed by atoms with Crippen LogP contribution >= 0.6 is 11.6 Å². The number of amides is 3. The van der Waals surface area contributed by atoms with Gasteiger partial charge in [-0.1, -0.05) is 41.9 Å². The van der Waals surface area contributed by atoms with E-state index in [1.54, 1.807) is 24.3 Å². The number of alkyl carbamates (subject to hydrolysis) is 1. The summed E-state index contributed by atoms with van der Waals surface area (Å²) in [5, 5.41) is 8.83. The van der Waals surface area contributed by atoms with E-state index in [0.717, 1.165) is 10.5 Å². The number of carbonyl (C=O) groups is 2. The molecule has 2 aliphatic carbocycles. The number of imidazole rings is 1. The first-order chi connectivity index (χ1) is 19.4. The molecule has 15 heteroatoms. The van der Waals surface area contributed by atoms with Crippen LogP contribution in [0.15, 0.2) is 42.6 Å². The van der Waals surface area contributed by atoms with Gasteiger partial charge in [0.15, 0.2) is 10.8 Å². The lowest BCUT2D eigenvalue weighted by Gasteiger charge is -2.25. The molecule has 0 spiro atoms. The number of aromatic nitrogens is 3. The molecule has 2 saturated carbocycles. The standard InChI is InChI=1S/C26H24ClF5N6O3/c27-22-15(9-37-11-19(26(30,31)32)34-23(37)39)8-20-33-18(10-38(20)36-22)21(14-6-16-17(7-14)25(16,28)29)35-24(40)41-12-13-4-2-1-3-5-13/h1-5,8,10,14,16-17,19,21H,6-7,9,11-12H2,(H,34,39)(H,35,40)/t14?,16?,17?,19-,21-/m0/s1. The Hall–Kier alpha value is -3.68. The Balaban J connectivity index is 1.22. The molecule has 2 aromatic heterocycles. The summed E-state index contributed by atoms with van der Waals surface area (Å²) >= 11 is 6.30. The molecule has 3 heterocycles. The second kappa shape index (κ2) is 10.00. The maximum absolute atomic E-state index is 13.9. The van der Waals surface area contributed by atoms with E-state index in [1.807, 2.05) is 11.4 Å². The van der Waals surface area contributed by atoms with Crippen molar-refractivity contribution < 1.29 is 36.3 Å². The first kappa shape index (κ1) is 27.5. The molecule has 41 heavy (non-hydrogen) atoms. The third-order valence-corrected chi connectivity index (χ3v) is 8.31. The van der Waals surface area contributed by atoms with Crippen LogP contribution in [0.3, 0.4) is 0 Å². The minimum atomic E-state index is -4.59. The number of hydrogen-bond acceptors (Lipinski definition) is 5. The first-order valence-corrected chi connectivity index (χ1v) is 13.3. The maximum atomic E-state index is 13.9. The van der Waals surface area contributed by atoms with E-state index in [4.69, 9.17) is 16.3 Å². The van der Waals surface area contributed by atoms with Gasteiger partial charge in [0.05, 0.1) is 31.0 Å². The number of ether oxygens (including phenoxy) is 1. The monoisotopic (exact) mass is 598 g/mol. The zero-order valence-electron chi connectivity index (χ0n) is 21.2. The van der Waals surface area contributed by atoms with Crippen molar-refractivity contribution in [3.05, 3.63) is 64.6 Å². The number of halogens is 6. The Morgan fingerprint density at radius 2 is 1.93 bits per heavy atom. The smallest absolute Gasteiger partial charge is 0.410 e. The van der Waals surface area contributed by atoms with Crippen molar-refractivity contribution in [2.75, 3.05) is 6.54 Å². The Morgan fingerprint density at radius 3 is 2.59 bits per heavy atom. The van der Waals surface area contributed by atoms with E-state index in [1.165, 1.54) is 16.8 Å². The van der Waals surface area contributed by atoms with E-state index in [-0.39, 0.29) is 48.3 Å². The molecule has 9 nitrogen and oxygen atoms in total. The average molecular weight is 599 g/mol. The van der Waals surface area contributed by atoms with E-state index < -0.39 is 54.7 Å². The largest absolute Gasteiger partial charge is 0.445 e. The summed E-state index contributed by atoms with van der Waals surface area (Å²) in [5.74, 6) is -4.53. The molecule has 6 rings (SSSR count). The lowest BCUT2D eigenvalue weighted by molar-refractivity contribution is -0.149. The third-order valence-electron chi connectivity index (χ3n) is 8.00.